The van der Waals surface area contributed by atoms with Crippen LogP contribution in [0, 0.1) is 15.9 Å². The molecular weight excluding hydrogens is 327 g/mol. The summed E-state index contributed by atoms with van der Waals surface area (Å²) in [7, 11) is 0. The second kappa shape index (κ2) is 6.88. The van der Waals surface area contributed by atoms with Gasteiger partial charge in [-0.05, 0) is 37.5 Å². The molecular formula is C18H17FN2O4. The summed E-state index contributed by atoms with van der Waals surface area (Å²) >= 11 is 0. The van der Waals surface area contributed by atoms with E-state index in [1.807, 2.05) is 31.2 Å². The van der Waals surface area contributed by atoms with Crippen LogP contribution in [0.15, 0.2) is 42.5 Å². The number of anilines is 1. The summed E-state index contributed by atoms with van der Waals surface area (Å²) in [6.45, 7) is 1.62. The number of amides is 1. The fourth-order valence-electron chi connectivity index (χ4n) is 3.00. The van der Waals surface area contributed by atoms with Crippen LogP contribution in [0.3, 0.4) is 0 Å². The van der Waals surface area contributed by atoms with Gasteiger partial charge in [-0.2, -0.15) is 0 Å². The molecule has 0 spiro atoms. The number of nitro groups is 1. The van der Waals surface area contributed by atoms with Crippen LogP contribution < -0.4 is 9.64 Å². The van der Waals surface area contributed by atoms with Crippen molar-refractivity contribution in [1.82, 2.24) is 0 Å². The highest BCUT2D eigenvalue weighted by Crippen LogP contribution is 2.30. The summed E-state index contributed by atoms with van der Waals surface area (Å²) in [4.78, 5) is 24.2. The summed E-state index contributed by atoms with van der Waals surface area (Å²) in [5.41, 5.74) is 1.57. The first-order chi connectivity index (χ1) is 12.0. The Labute approximate surface area is 144 Å². The average Bonchev–Trinajstić information content (AvgIpc) is 2.60. The predicted octanol–water partition coefficient (Wildman–Crippen LogP) is 3.48. The number of nitro benzene ring substituents is 1. The third-order valence-corrected chi connectivity index (χ3v) is 4.27. The second-order valence-electron chi connectivity index (χ2n) is 5.94. The minimum Gasteiger partial charge on any atom is -0.481 e. The first-order valence-corrected chi connectivity index (χ1v) is 7.94. The molecule has 1 aliphatic heterocycles. The average molecular weight is 344 g/mol. The minimum absolute atomic E-state index is 0.0210. The number of halogens is 1. The van der Waals surface area contributed by atoms with Crippen molar-refractivity contribution in [3.8, 4) is 5.75 Å². The lowest BCUT2D eigenvalue weighted by Gasteiger charge is -2.35. The fourth-order valence-corrected chi connectivity index (χ4v) is 3.00. The number of fused-ring (bicyclic) bond motifs is 1. The van der Waals surface area contributed by atoms with Gasteiger partial charge in [0.05, 0.1) is 11.0 Å². The second-order valence-corrected chi connectivity index (χ2v) is 5.94. The van der Waals surface area contributed by atoms with Crippen molar-refractivity contribution in [3.63, 3.8) is 0 Å². The molecule has 7 heteroatoms. The number of non-ortho nitro benzene ring substituents is 1. The van der Waals surface area contributed by atoms with Crippen LogP contribution in [0.4, 0.5) is 15.8 Å². The quantitative estimate of drug-likeness (QED) is 0.629. The lowest BCUT2D eigenvalue weighted by Crippen LogP contribution is -2.44. The molecule has 2 aromatic carbocycles. The Morgan fingerprint density at radius 3 is 2.84 bits per heavy atom. The zero-order valence-corrected chi connectivity index (χ0v) is 13.6. The number of ether oxygens (including phenoxy) is 1. The zero-order valence-electron chi connectivity index (χ0n) is 13.6. The molecule has 0 fully saturated rings. The molecule has 1 unspecified atom stereocenters. The van der Waals surface area contributed by atoms with Crippen molar-refractivity contribution in [2.75, 3.05) is 11.5 Å². The molecule has 0 saturated heterocycles. The summed E-state index contributed by atoms with van der Waals surface area (Å²) in [6, 6.07) is 10.8. The van der Waals surface area contributed by atoms with Gasteiger partial charge >= 0.3 is 0 Å². The Hall–Kier alpha value is -2.96. The Morgan fingerprint density at radius 2 is 2.12 bits per heavy atom. The van der Waals surface area contributed by atoms with E-state index in [1.54, 1.807) is 4.90 Å². The molecule has 2 aromatic rings. The van der Waals surface area contributed by atoms with Crippen LogP contribution in [0.25, 0.3) is 0 Å². The topological polar surface area (TPSA) is 72.7 Å². The van der Waals surface area contributed by atoms with Gasteiger partial charge in [0, 0.05) is 17.8 Å². The van der Waals surface area contributed by atoms with E-state index in [1.165, 1.54) is 0 Å². The molecule has 0 aromatic heterocycles. The summed E-state index contributed by atoms with van der Waals surface area (Å²) in [6.07, 6.45) is 1.74. The van der Waals surface area contributed by atoms with Crippen LogP contribution in [-0.4, -0.2) is 23.5 Å². The molecule has 3 rings (SSSR count). The molecule has 0 radical (unpaired) electrons. The highest BCUT2D eigenvalue weighted by Gasteiger charge is 2.28. The van der Waals surface area contributed by atoms with E-state index < -0.39 is 10.7 Å². The van der Waals surface area contributed by atoms with Gasteiger partial charge in [-0.3, -0.25) is 14.9 Å². The van der Waals surface area contributed by atoms with Gasteiger partial charge in [0.1, 0.15) is 0 Å². The zero-order chi connectivity index (χ0) is 18.0. The van der Waals surface area contributed by atoms with Crippen LogP contribution >= 0.6 is 0 Å². The first kappa shape index (κ1) is 16.9. The Bertz CT molecular complexity index is 824. The van der Waals surface area contributed by atoms with Crippen LogP contribution in [0.2, 0.25) is 0 Å². The summed E-state index contributed by atoms with van der Waals surface area (Å²) in [5, 5.41) is 10.6. The molecule has 1 heterocycles. The standard InChI is InChI=1S/C18H17FN2O4/c1-12-6-7-13-4-2-3-5-16(13)20(12)18(22)11-25-17-9-8-14(21(23)24)10-15(17)19/h2-5,8-10,12H,6-7,11H2,1H3. The van der Waals surface area contributed by atoms with Crippen LogP contribution in [0.1, 0.15) is 18.9 Å². The molecule has 130 valence electrons. The van der Waals surface area contributed by atoms with Crippen molar-refractivity contribution in [1.29, 1.82) is 0 Å². The monoisotopic (exact) mass is 344 g/mol. The largest absolute Gasteiger partial charge is 0.481 e. The van der Waals surface area contributed by atoms with E-state index in [0.29, 0.717) is 0 Å². The number of hydrogen-bond acceptors (Lipinski definition) is 4. The van der Waals surface area contributed by atoms with Crippen LogP contribution in [0.5, 0.6) is 5.75 Å². The normalized spacial score (nSPS) is 16.2. The maximum atomic E-state index is 13.9. The third-order valence-electron chi connectivity index (χ3n) is 4.27. The van der Waals surface area contributed by atoms with Crippen molar-refractivity contribution in [2.24, 2.45) is 0 Å². The maximum Gasteiger partial charge on any atom is 0.272 e. The summed E-state index contributed by atoms with van der Waals surface area (Å²) in [5.74, 6) is -1.33. The lowest BCUT2D eigenvalue weighted by atomic mass is 9.96. The van der Waals surface area contributed by atoms with E-state index in [4.69, 9.17) is 4.74 Å². The smallest absolute Gasteiger partial charge is 0.272 e. The van der Waals surface area contributed by atoms with E-state index >= 15 is 0 Å². The Balaban J connectivity index is 1.74. The van der Waals surface area contributed by atoms with Gasteiger partial charge in [0.15, 0.2) is 18.2 Å². The number of rotatable bonds is 4. The number of aryl methyl sites for hydroxylation is 1. The Kier molecular flexibility index (Phi) is 4.65. The number of carbonyl (C=O) groups is 1. The molecule has 0 N–H and O–H groups in total. The minimum atomic E-state index is -0.867. The highest BCUT2D eigenvalue weighted by molar-refractivity contribution is 5.96. The van der Waals surface area contributed by atoms with E-state index in [9.17, 15) is 19.3 Å². The van der Waals surface area contributed by atoms with E-state index in [0.717, 1.165) is 42.3 Å². The van der Waals surface area contributed by atoms with Crippen molar-refractivity contribution < 1.29 is 18.8 Å². The molecule has 6 nitrogen and oxygen atoms in total. The van der Waals surface area contributed by atoms with E-state index in [-0.39, 0.29) is 30.0 Å². The first-order valence-electron chi connectivity index (χ1n) is 7.94. The molecule has 0 saturated carbocycles. The summed E-state index contributed by atoms with van der Waals surface area (Å²) < 4.78 is 19.1. The fraction of sp³-hybridized carbons (Fsp3) is 0.278. The number of para-hydroxylation sites is 1. The van der Waals surface area contributed by atoms with Gasteiger partial charge in [0.25, 0.3) is 11.6 Å². The third kappa shape index (κ3) is 3.45. The number of hydrogen-bond donors (Lipinski definition) is 0. The molecule has 1 atom stereocenters. The SMILES string of the molecule is CC1CCc2ccccc2N1C(=O)COc1ccc([N+](=O)[O-])cc1F. The maximum absolute atomic E-state index is 13.9. The highest BCUT2D eigenvalue weighted by atomic mass is 19.1. The molecule has 25 heavy (non-hydrogen) atoms. The van der Waals surface area contributed by atoms with Crippen molar-refractivity contribution in [2.45, 2.75) is 25.8 Å². The lowest BCUT2D eigenvalue weighted by molar-refractivity contribution is -0.385. The van der Waals surface area contributed by atoms with Gasteiger partial charge < -0.3 is 9.64 Å². The van der Waals surface area contributed by atoms with Crippen molar-refractivity contribution >= 4 is 17.3 Å². The van der Waals surface area contributed by atoms with Gasteiger partial charge in [-0.15, -0.1) is 0 Å². The number of nitrogens with zero attached hydrogens (tertiary/aromatic N) is 2. The van der Waals surface area contributed by atoms with E-state index in [2.05, 4.69) is 0 Å². The predicted molar refractivity (Wildman–Crippen MR) is 90.3 cm³/mol. The molecule has 0 bridgehead atoms. The van der Waals surface area contributed by atoms with Gasteiger partial charge in [0.2, 0.25) is 0 Å². The van der Waals surface area contributed by atoms with Crippen LogP contribution in [-0.2, 0) is 11.2 Å². The molecule has 1 aliphatic rings. The van der Waals surface area contributed by atoms with Crippen molar-refractivity contribution in [3.05, 3.63) is 64.0 Å². The molecule has 0 aliphatic carbocycles. The van der Waals surface area contributed by atoms with Gasteiger partial charge in [-0.1, -0.05) is 18.2 Å². The molecule has 1 amide bonds. The Morgan fingerprint density at radius 1 is 1.36 bits per heavy atom. The number of benzene rings is 2. The number of carbonyl (C=O) groups excluding carboxylic acids is 1. The van der Waals surface area contributed by atoms with Gasteiger partial charge in [-0.25, -0.2) is 4.39 Å².